The second-order valence-corrected chi connectivity index (χ2v) is 7.13. The van der Waals surface area contributed by atoms with Crippen LogP contribution in [0, 0.1) is 0 Å². The molecule has 0 spiro atoms. The van der Waals surface area contributed by atoms with Gasteiger partial charge in [-0.2, -0.15) is 0 Å². The minimum Gasteiger partial charge on any atom is -0.497 e. The number of nitrogens with one attached hydrogen (secondary N) is 1. The first kappa shape index (κ1) is 21.3. The lowest BCUT2D eigenvalue weighted by Crippen LogP contribution is -2.46. The van der Waals surface area contributed by atoms with Gasteiger partial charge in [0.15, 0.2) is 0 Å². The molecule has 1 amide bonds. The van der Waals surface area contributed by atoms with E-state index in [1.54, 1.807) is 18.2 Å². The first-order valence-corrected chi connectivity index (χ1v) is 9.73. The van der Waals surface area contributed by atoms with E-state index >= 15 is 0 Å². The van der Waals surface area contributed by atoms with Crippen molar-refractivity contribution in [3.05, 3.63) is 39.0 Å². The number of aromatic nitrogens is 2. The van der Waals surface area contributed by atoms with Crippen molar-refractivity contribution >= 4 is 23.1 Å². The summed E-state index contributed by atoms with van der Waals surface area (Å²) in [6.45, 7) is 0.919. The Hall–Kier alpha value is -3.43. The molecule has 0 saturated carbocycles. The van der Waals surface area contributed by atoms with E-state index < -0.39 is 23.7 Å². The summed E-state index contributed by atoms with van der Waals surface area (Å²) in [4.78, 5) is 40.3. The van der Waals surface area contributed by atoms with Crippen molar-refractivity contribution in [1.82, 2.24) is 9.13 Å². The largest absolute Gasteiger partial charge is 0.497 e. The van der Waals surface area contributed by atoms with Crippen LogP contribution in [0.2, 0.25) is 0 Å². The second kappa shape index (κ2) is 8.93. The minimum absolute atomic E-state index is 0.109. The second-order valence-electron chi connectivity index (χ2n) is 7.13. The Morgan fingerprint density at radius 1 is 1.13 bits per heavy atom. The molecule has 10 heteroatoms. The Bertz CT molecular complexity index is 1050. The van der Waals surface area contributed by atoms with Crippen molar-refractivity contribution in [1.29, 1.82) is 0 Å². The van der Waals surface area contributed by atoms with Crippen molar-refractivity contribution in [3.8, 4) is 11.5 Å². The highest BCUT2D eigenvalue weighted by Gasteiger charge is 2.23. The smallest absolute Gasteiger partial charge is 0.332 e. The van der Waals surface area contributed by atoms with Crippen molar-refractivity contribution in [2.24, 2.45) is 7.05 Å². The van der Waals surface area contributed by atoms with Gasteiger partial charge >= 0.3 is 5.69 Å². The van der Waals surface area contributed by atoms with Gasteiger partial charge < -0.3 is 25.4 Å². The summed E-state index contributed by atoms with van der Waals surface area (Å²) >= 11 is 0. The molecule has 3 N–H and O–H groups in total. The van der Waals surface area contributed by atoms with Crippen LogP contribution in [0.15, 0.2) is 27.8 Å². The SMILES string of the molecule is COc1ccc(OC)c(NC(=O)Cn2c(=O)c(N3CCCCC3)c(N)n(C)c2=O)c1. The van der Waals surface area contributed by atoms with Crippen LogP contribution in [0.3, 0.4) is 0 Å². The standard InChI is InChI=1S/C20H27N5O5/c1-23-18(21)17(24-9-5-4-6-10-24)19(27)25(20(23)28)12-16(26)22-14-11-13(29-2)7-8-15(14)30-3/h7-8,11H,4-6,9-10,12,21H2,1-3H3,(H,22,26). The molecule has 162 valence electrons. The van der Waals surface area contributed by atoms with Gasteiger partial charge in [0.1, 0.15) is 29.5 Å². The number of hydrogen-bond donors (Lipinski definition) is 2. The fraction of sp³-hybridized carbons (Fsp3) is 0.450. The summed E-state index contributed by atoms with van der Waals surface area (Å²) in [7, 11) is 4.47. The van der Waals surface area contributed by atoms with Crippen molar-refractivity contribution in [2.75, 3.05) is 43.3 Å². The zero-order valence-electron chi connectivity index (χ0n) is 17.4. The number of hydrogen-bond acceptors (Lipinski definition) is 7. The van der Waals surface area contributed by atoms with Gasteiger partial charge in [0.25, 0.3) is 5.56 Å². The first-order chi connectivity index (χ1) is 14.4. The predicted octanol–water partition coefficient (Wildman–Crippen LogP) is 0.775. The number of nitrogen functional groups attached to an aromatic ring is 1. The average molecular weight is 417 g/mol. The van der Waals surface area contributed by atoms with E-state index in [1.807, 2.05) is 4.90 Å². The predicted molar refractivity (Wildman–Crippen MR) is 115 cm³/mol. The topological polar surface area (TPSA) is 121 Å². The van der Waals surface area contributed by atoms with E-state index in [2.05, 4.69) is 5.32 Å². The molecule has 10 nitrogen and oxygen atoms in total. The number of carbonyl (C=O) groups is 1. The summed E-state index contributed by atoms with van der Waals surface area (Å²) in [5.41, 5.74) is 5.51. The Morgan fingerprint density at radius 3 is 2.47 bits per heavy atom. The number of anilines is 3. The minimum atomic E-state index is -0.647. The molecule has 2 aromatic rings. The summed E-state index contributed by atoms with van der Waals surface area (Å²) in [6, 6.07) is 4.94. The number of piperidine rings is 1. The molecule has 0 unspecified atom stereocenters. The number of amides is 1. The summed E-state index contributed by atoms with van der Waals surface area (Å²) in [5, 5.41) is 2.68. The summed E-state index contributed by atoms with van der Waals surface area (Å²) in [5.74, 6) is 0.517. The van der Waals surface area contributed by atoms with Crippen LogP contribution < -0.4 is 36.7 Å². The molecule has 1 aliphatic rings. The quantitative estimate of drug-likeness (QED) is 0.712. The molecule has 1 aliphatic heterocycles. The molecule has 1 aromatic heterocycles. The Balaban J connectivity index is 1.93. The van der Waals surface area contributed by atoms with E-state index in [0.29, 0.717) is 30.3 Å². The van der Waals surface area contributed by atoms with E-state index in [-0.39, 0.29) is 11.5 Å². The van der Waals surface area contributed by atoms with Gasteiger partial charge in [0, 0.05) is 26.2 Å². The zero-order valence-corrected chi connectivity index (χ0v) is 17.4. The van der Waals surface area contributed by atoms with Gasteiger partial charge in [-0.1, -0.05) is 0 Å². The number of methoxy groups -OCH3 is 2. The molecular weight excluding hydrogens is 390 g/mol. The molecule has 1 saturated heterocycles. The van der Waals surface area contributed by atoms with Crippen LogP contribution in [0.1, 0.15) is 19.3 Å². The maximum atomic E-state index is 13.1. The summed E-state index contributed by atoms with van der Waals surface area (Å²) in [6.07, 6.45) is 2.97. The van der Waals surface area contributed by atoms with Gasteiger partial charge in [-0.3, -0.25) is 14.2 Å². The van der Waals surface area contributed by atoms with Gasteiger partial charge in [0.05, 0.1) is 19.9 Å². The molecular formula is C20H27N5O5. The normalized spacial score (nSPS) is 13.8. The number of carbonyl (C=O) groups excluding carboxylic acids is 1. The van der Waals surface area contributed by atoms with E-state index in [1.165, 1.54) is 25.8 Å². The van der Waals surface area contributed by atoms with Crippen LogP contribution in [-0.4, -0.2) is 42.4 Å². The van der Waals surface area contributed by atoms with Crippen LogP contribution in [0.25, 0.3) is 0 Å². The molecule has 1 fully saturated rings. The molecule has 30 heavy (non-hydrogen) atoms. The fourth-order valence-electron chi connectivity index (χ4n) is 3.57. The van der Waals surface area contributed by atoms with Crippen LogP contribution in [0.4, 0.5) is 17.2 Å². The van der Waals surface area contributed by atoms with Crippen molar-refractivity contribution < 1.29 is 14.3 Å². The lowest BCUT2D eigenvalue weighted by atomic mass is 10.1. The molecule has 0 bridgehead atoms. The third kappa shape index (κ3) is 4.12. The number of nitrogens with zero attached hydrogens (tertiary/aromatic N) is 3. The first-order valence-electron chi connectivity index (χ1n) is 9.73. The van der Waals surface area contributed by atoms with Gasteiger partial charge in [0.2, 0.25) is 5.91 Å². The highest BCUT2D eigenvalue weighted by molar-refractivity contribution is 5.92. The maximum Gasteiger partial charge on any atom is 0.332 e. The molecule has 3 rings (SSSR count). The number of rotatable bonds is 6. The molecule has 0 atom stereocenters. The molecule has 0 radical (unpaired) electrons. The Kier molecular flexibility index (Phi) is 6.34. The average Bonchev–Trinajstić information content (AvgIpc) is 2.76. The zero-order chi connectivity index (χ0) is 21.8. The third-order valence-electron chi connectivity index (χ3n) is 5.22. The van der Waals surface area contributed by atoms with E-state index in [4.69, 9.17) is 15.2 Å². The van der Waals surface area contributed by atoms with Gasteiger partial charge in [-0.15, -0.1) is 0 Å². The highest BCUT2D eigenvalue weighted by atomic mass is 16.5. The lowest BCUT2D eigenvalue weighted by Gasteiger charge is -2.29. The molecule has 1 aromatic carbocycles. The lowest BCUT2D eigenvalue weighted by molar-refractivity contribution is -0.116. The Labute approximate surface area is 173 Å². The number of ether oxygens (including phenoxy) is 2. The van der Waals surface area contributed by atoms with Crippen LogP contribution in [0.5, 0.6) is 11.5 Å². The molecule has 2 heterocycles. The summed E-state index contributed by atoms with van der Waals surface area (Å²) < 4.78 is 12.5. The maximum absolute atomic E-state index is 13.1. The van der Waals surface area contributed by atoms with Crippen molar-refractivity contribution in [3.63, 3.8) is 0 Å². The van der Waals surface area contributed by atoms with Crippen LogP contribution >= 0.6 is 0 Å². The van der Waals surface area contributed by atoms with E-state index in [0.717, 1.165) is 23.8 Å². The monoisotopic (exact) mass is 417 g/mol. The number of nitrogens with two attached hydrogens (primary N) is 1. The van der Waals surface area contributed by atoms with E-state index in [9.17, 15) is 14.4 Å². The van der Waals surface area contributed by atoms with Gasteiger partial charge in [-0.05, 0) is 31.4 Å². The third-order valence-corrected chi connectivity index (χ3v) is 5.22. The highest BCUT2D eigenvalue weighted by Crippen LogP contribution is 2.29. The fourth-order valence-corrected chi connectivity index (χ4v) is 3.57. The van der Waals surface area contributed by atoms with Crippen molar-refractivity contribution in [2.45, 2.75) is 25.8 Å². The number of benzene rings is 1. The van der Waals surface area contributed by atoms with Crippen LogP contribution in [-0.2, 0) is 18.4 Å². The Morgan fingerprint density at radius 2 is 1.83 bits per heavy atom. The van der Waals surface area contributed by atoms with Gasteiger partial charge in [-0.25, -0.2) is 9.36 Å². The molecule has 0 aliphatic carbocycles.